The van der Waals surface area contributed by atoms with Crippen LogP contribution in [0.3, 0.4) is 0 Å². The molecule has 0 aliphatic heterocycles. The van der Waals surface area contributed by atoms with Crippen LogP contribution >= 0.6 is 0 Å². The average Bonchev–Trinajstić information content (AvgIpc) is 2.89. The predicted molar refractivity (Wildman–Crippen MR) is 160 cm³/mol. The van der Waals surface area contributed by atoms with Crippen LogP contribution in [0.4, 0.5) is 0 Å². The van der Waals surface area contributed by atoms with Crippen molar-refractivity contribution in [3.05, 3.63) is 0 Å². The second-order valence-corrected chi connectivity index (χ2v) is 11.6. The van der Waals surface area contributed by atoms with E-state index in [1.54, 1.807) is 20.8 Å². The summed E-state index contributed by atoms with van der Waals surface area (Å²) in [5.74, 6) is -2.07. The first kappa shape index (κ1) is 38.8. The number of ether oxygens (including phenoxy) is 3. The van der Waals surface area contributed by atoms with Crippen LogP contribution in [0, 0.1) is 0 Å². The van der Waals surface area contributed by atoms with E-state index in [1.165, 1.54) is 64.2 Å². The molecule has 0 saturated heterocycles. The fraction of sp³-hybridized carbons (Fsp3) is 0.871. The van der Waals surface area contributed by atoms with Crippen molar-refractivity contribution >= 4 is 23.8 Å². The van der Waals surface area contributed by atoms with Gasteiger partial charge in [-0.15, -0.1) is 0 Å². The Balaban J connectivity index is 4.17. The van der Waals surface area contributed by atoms with Crippen molar-refractivity contribution in [2.24, 2.45) is 0 Å². The van der Waals surface area contributed by atoms with Crippen molar-refractivity contribution in [2.75, 3.05) is 33.0 Å². The molecule has 10 heteroatoms. The van der Waals surface area contributed by atoms with Crippen LogP contribution in [0.25, 0.3) is 0 Å². The zero-order chi connectivity index (χ0) is 30.8. The quantitative estimate of drug-likeness (QED) is 0.0869. The van der Waals surface area contributed by atoms with Crippen LogP contribution in [0.15, 0.2) is 0 Å². The van der Waals surface area contributed by atoms with E-state index < -0.39 is 23.6 Å². The van der Waals surface area contributed by atoms with Gasteiger partial charge in [-0.05, 0) is 33.6 Å². The molecule has 1 unspecified atom stereocenters. The van der Waals surface area contributed by atoms with Gasteiger partial charge in [0.1, 0.15) is 18.2 Å². The third-order valence-corrected chi connectivity index (χ3v) is 6.36. The Hall–Kier alpha value is -2.20. The number of carboxylic acids is 1. The molecule has 0 aromatic heterocycles. The standard InChI is InChI=1S/C31H58N2O8/c1-5-6-7-8-9-10-11-12-13-14-15-16-17-18-28(35)33-26(30(38)41-31(2,3)4)19-20-27(34)32-21-22-39-23-24-40-25-29(36)37/h26H,5-25H2,1-4H3,(H,32,34)(H,33,35)(H,36,37). The number of esters is 1. The molecule has 0 aliphatic carbocycles. The van der Waals surface area contributed by atoms with Gasteiger partial charge in [0, 0.05) is 19.4 Å². The van der Waals surface area contributed by atoms with Crippen molar-refractivity contribution in [3.8, 4) is 0 Å². The van der Waals surface area contributed by atoms with E-state index in [4.69, 9.17) is 19.3 Å². The number of rotatable bonds is 27. The number of aliphatic carboxylic acids is 1. The van der Waals surface area contributed by atoms with Crippen molar-refractivity contribution < 1.29 is 38.5 Å². The highest BCUT2D eigenvalue weighted by molar-refractivity contribution is 5.85. The van der Waals surface area contributed by atoms with Gasteiger partial charge in [0.25, 0.3) is 0 Å². The van der Waals surface area contributed by atoms with Crippen LogP contribution in [-0.2, 0) is 33.4 Å². The van der Waals surface area contributed by atoms with Crippen LogP contribution in [0.5, 0.6) is 0 Å². The van der Waals surface area contributed by atoms with E-state index in [2.05, 4.69) is 17.6 Å². The molecule has 0 fully saturated rings. The second-order valence-electron chi connectivity index (χ2n) is 11.6. The summed E-state index contributed by atoms with van der Waals surface area (Å²) in [6.07, 6.45) is 16.5. The molecule has 41 heavy (non-hydrogen) atoms. The van der Waals surface area contributed by atoms with Gasteiger partial charge < -0.3 is 30.0 Å². The topological polar surface area (TPSA) is 140 Å². The molecule has 3 N–H and O–H groups in total. The first-order valence-electron chi connectivity index (χ1n) is 15.7. The minimum atomic E-state index is -1.04. The molecule has 0 radical (unpaired) electrons. The molecule has 0 rings (SSSR count). The van der Waals surface area contributed by atoms with Crippen molar-refractivity contribution in [1.82, 2.24) is 10.6 Å². The smallest absolute Gasteiger partial charge is 0.329 e. The van der Waals surface area contributed by atoms with E-state index in [1.807, 2.05) is 0 Å². The summed E-state index contributed by atoms with van der Waals surface area (Å²) >= 11 is 0. The van der Waals surface area contributed by atoms with E-state index in [-0.39, 0.29) is 57.6 Å². The maximum atomic E-state index is 12.7. The van der Waals surface area contributed by atoms with Crippen LogP contribution in [0.1, 0.15) is 130 Å². The molecule has 0 spiro atoms. The molecule has 2 amide bonds. The van der Waals surface area contributed by atoms with Gasteiger partial charge in [-0.1, -0.05) is 84.0 Å². The summed E-state index contributed by atoms with van der Waals surface area (Å²) in [6.45, 7) is 8.02. The van der Waals surface area contributed by atoms with Gasteiger partial charge >= 0.3 is 11.9 Å². The largest absolute Gasteiger partial charge is 0.480 e. The summed E-state index contributed by atoms with van der Waals surface area (Å²) in [7, 11) is 0. The highest BCUT2D eigenvalue weighted by Crippen LogP contribution is 2.14. The van der Waals surface area contributed by atoms with Gasteiger partial charge in [-0.25, -0.2) is 9.59 Å². The summed E-state index contributed by atoms with van der Waals surface area (Å²) in [4.78, 5) is 47.8. The molecule has 240 valence electrons. The Kier molecular flexibility index (Phi) is 24.1. The SMILES string of the molecule is CCCCCCCCCCCCCCCC(=O)NC(CCC(=O)NCCOCCOCC(=O)O)C(=O)OC(C)(C)C. The first-order chi connectivity index (χ1) is 19.5. The highest BCUT2D eigenvalue weighted by Gasteiger charge is 2.27. The van der Waals surface area contributed by atoms with Crippen molar-refractivity contribution in [2.45, 2.75) is 142 Å². The fourth-order valence-electron chi connectivity index (χ4n) is 4.20. The summed E-state index contributed by atoms with van der Waals surface area (Å²) in [5.41, 5.74) is -0.705. The lowest BCUT2D eigenvalue weighted by atomic mass is 10.0. The average molecular weight is 587 g/mol. The molecular weight excluding hydrogens is 528 g/mol. The molecular formula is C31H58N2O8. The number of carboxylic acid groups (broad SMARTS) is 1. The Morgan fingerprint density at radius 1 is 0.707 bits per heavy atom. The van der Waals surface area contributed by atoms with Crippen LogP contribution in [-0.4, -0.2) is 73.5 Å². The third kappa shape index (κ3) is 27.7. The maximum absolute atomic E-state index is 12.7. The first-order valence-corrected chi connectivity index (χ1v) is 15.7. The zero-order valence-electron chi connectivity index (χ0n) is 26.2. The predicted octanol–water partition coefficient (Wildman–Crippen LogP) is 5.31. The monoisotopic (exact) mass is 586 g/mol. The number of amides is 2. The number of unbranched alkanes of at least 4 members (excludes halogenated alkanes) is 12. The molecule has 1 atom stereocenters. The van der Waals surface area contributed by atoms with E-state index in [9.17, 15) is 19.2 Å². The zero-order valence-corrected chi connectivity index (χ0v) is 26.2. The molecule has 0 aromatic rings. The summed E-state index contributed by atoms with van der Waals surface area (Å²) < 4.78 is 15.6. The molecule has 0 heterocycles. The second kappa shape index (κ2) is 25.5. The van der Waals surface area contributed by atoms with Gasteiger partial charge in [0.15, 0.2) is 0 Å². The number of hydrogen-bond donors (Lipinski definition) is 3. The Morgan fingerprint density at radius 3 is 1.78 bits per heavy atom. The summed E-state index contributed by atoms with van der Waals surface area (Å²) in [5, 5.41) is 14.0. The maximum Gasteiger partial charge on any atom is 0.329 e. The lowest BCUT2D eigenvalue weighted by molar-refractivity contribution is -0.159. The summed E-state index contributed by atoms with van der Waals surface area (Å²) in [6, 6.07) is -0.892. The lowest BCUT2D eigenvalue weighted by Gasteiger charge is -2.24. The van der Waals surface area contributed by atoms with E-state index >= 15 is 0 Å². The number of nitrogens with one attached hydrogen (secondary N) is 2. The number of carbonyl (C=O) groups excluding carboxylic acids is 3. The third-order valence-electron chi connectivity index (χ3n) is 6.36. The van der Waals surface area contributed by atoms with Crippen LogP contribution in [0.2, 0.25) is 0 Å². The van der Waals surface area contributed by atoms with Gasteiger partial charge in [-0.2, -0.15) is 0 Å². The molecule has 0 bridgehead atoms. The van der Waals surface area contributed by atoms with E-state index in [0.29, 0.717) is 6.42 Å². The minimum absolute atomic E-state index is 0.0463. The number of hydrogen-bond acceptors (Lipinski definition) is 7. The van der Waals surface area contributed by atoms with Gasteiger partial charge in [0.2, 0.25) is 11.8 Å². The lowest BCUT2D eigenvalue weighted by Crippen LogP contribution is -2.44. The fourth-order valence-corrected chi connectivity index (χ4v) is 4.20. The molecule has 10 nitrogen and oxygen atoms in total. The Labute approximate surface area is 248 Å². The highest BCUT2D eigenvalue weighted by atomic mass is 16.6. The Bertz CT molecular complexity index is 709. The Morgan fingerprint density at radius 2 is 1.24 bits per heavy atom. The molecule has 0 saturated carbocycles. The minimum Gasteiger partial charge on any atom is -0.480 e. The van der Waals surface area contributed by atoms with Gasteiger partial charge in [0.05, 0.1) is 19.8 Å². The van der Waals surface area contributed by atoms with Crippen molar-refractivity contribution in [3.63, 3.8) is 0 Å². The molecule has 0 aromatic carbocycles. The van der Waals surface area contributed by atoms with Crippen LogP contribution < -0.4 is 10.6 Å². The van der Waals surface area contributed by atoms with Gasteiger partial charge in [-0.3, -0.25) is 9.59 Å². The molecule has 0 aliphatic rings. The van der Waals surface area contributed by atoms with Crippen molar-refractivity contribution in [1.29, 1.82) is 0 Å². The van der Waals surface area contributed by atoms with E-state index in [0.717, 1.165) is 19.3 Å². The normalized spacial score (nSPS) is 12.1. The number of carbonyl (C=O) groups is 4.